The summed E-state index contributed by atoms with van der Waals surface area (Å²) in [6.45, 7) is -0.224. The summed E-state index contributed by atoms with van der Waals surface area (Å²) in [5.41, 5.74) is 1.22. The van der Waals surface area contributed by atoms with Crippen molar-refractivity contribution < 1.29 is 9.90 Å². The van der Waals surface area contributed by atoms with Gasteiger partial charge in [0.15, 0.2) is 0 Å². The van der Waals surface area contributed by atoms with Gasteiger partial charge in [-0.25, -0.2) is 0 Å². The van der Waals surface area contributed by atoms with Crippen molar-refractivity contribution in [3.8, 4) is 11.8 Å². The first kappa shape index (κ1) is 11.4. The van der Waals surface area contributed by atoms with Crippen molar-refractivity contribution in [1.29, 1.82) is 0 Å². The molecule has 2 heterocycles. The van der Waals surface area contributed by atoms with Crippen LogP contribution in [-0.2, 0) is 0 Å². The number of aromatic amines is 1. The molecule has 5 nitrogen and oxygen atoms in total. The first-order valence-corrected chi connectivity index (χ1v) is 5.66. The lowest BCUT2D eigenvalue weighted by atomic mass is 10.2. The Bertz CT molecular complexity index is 563. The standard InChI is InChI=1S/C11H9N3O2S/c15-4-1-2-8-3-5-17-10(8)11(16)14-9-6-12-13-7-9/h3,5-7,15H,4H2,(H,12,13)(H,14,16). The summed E-state index contributed by atoms with van der Waals surface area (Å²) in [5, 5.41) is 19.4. The van der Waals surface area contributed by atoms with Crippen LogP contribution in [0.15, 0.2) is 23.8 Å². The summed E-state index contributed by atoms with van der Waals surface area (Å²) in [5.74, 6) is 5.02. The maximum Gasteiger partial charge on any atom is 0.267 e. The SMILES string of the molecule is O=C(Nc1cn[nH]c1)c1sccc1C#CCO. The smallest absolute Gasteiger partial charge is 0.267 e. The first-order chi connectivity index (χ1) is 8.31. The minimum atomic E-state index is -0.233. The molecule has 0 saturated carbocycles. The van der Waals surface area contributed by atoms with Gasteiger partial charge in [0, 0.05) is 11.8 Å². The third-order valence-electron chi connectivity index (χ3n) is 1.93. The highest BCUT2D eigenvalue weighted by molar-refractivity contribution is 7.12. The Labute approximate surface area is 101 Å². The van der Waals surface area contributed by atoms with Crippen LogP contribution < -0.4 is 5.32 Å². The summed E-state index contributed by atoms with van der Waals surface area (Å²) in [4.78, 5) is 12.4. The van der Waals surface area contributed by atoms with Gasteiger partial charge in [0.1, 0.15) is 11.5 Å². The van der Waals surface area contributed by atoms with Crippen LogP contribution in [0.2, 0.25) is 0 Å². The van der Waals surface area contributed by atoms with Crippen LogP contribution in [0.3, 0.4) is 0 Å². The van der Waals surface area contributed by atoms with Crippen molar-refractivity contribution in [3.05, 3.63) is 34.3 Å². The molecule has 6 heteroatoms. The number of nitrogens with zero attached hydrogens (tertiary/aromatic N) is 1. The van der Waals surface area contributed by atoms with Gasteiger partial charge in [0.2, 0.25) is 0 Å². The van der Waals surface area contributed by atoms with E-state index >= 15 is 0 Å². The Balaban J connectivity index is 2.17. The van der Waals surface area contributed by atoms with Crippen molar-refractivity contribution in [3.63, 3.8) is 0 Å². The van der Waals surface area contributed by atoms with Gasteiger partial charge in [-0.2, -0.15) is 5.10 Å². The van der Waals surface area contributed by atoms with Crippen LogP contribution in [0.5, 0.6) is 0 Å². The van der Waals surface area contributed by atoms with Gasteiger partial charge in [-0.15, -0.1) is 11.3 Å². The average molecular weight is 247 g/mol. The van der Waals surface area contributed by atoms with Crippen molar-refractivity contribution in [2.45, 2.75) is 0 Å². The number of nitrogens with one attached hydrogen (secondary N) is 2. The second-order valence-corrected chi connectivity index (χ2v) is 3.98. The number of aromatic nitrogens is 2. The molecule has 17 heavy (non-hydrogen) atoms. The predicted octanol–water partition coefficient (Wildman–Crippen LogP) is 1.07. The zero-order valence-electron chi connectivity index (χ0n) is 8.73. The summed E-state index contributed by atoms with van der Waals surface area (Å²) < 4.78 is 0. The Morgan fingerprint density at radius 2 is 2.53 bits per heavy atom. The van der Waals surface area contributed by atoms with E-state index in [1.54, 1.807) is 17.6 Å². The number of thiophene rings is 1. The highest BCUT2D eigenvalue weighted by Crippen LogP contribution is 2.17. The van der Waals surface area contributed by atoms with E-state index in [1.165, 1.54) is 17.5 Å². The molecule has 0 radical (unpaired) electrons. The van der Waals surface area contributed by atoms with Crippen molar-refractivity contribution in [2.75, 3.05) is 11.9 Å². The number of aliphatic hydroxyl groups is 1. The van der Waals surface area contributed by atoms with E-state index < -0.39 is 0 Å². The van der Waals surface area contributed by atoms with E-state index in [2.05, 4.69) is 27.4 Å². The van der Waals surface area contributed by atoms with E-state index in [9.17, 15) is 4.79 Å². The molecule has 0 aliphatic carbocycles. The Morgan fingerprint density at radius 3 is 3.24 bits per heavy atom. The monoisotopic (exact) mass is 247 g/mol. The first-order valence-electron chi connectivity index (χ1n) is 4.78. The molecule has 2 aromatic heterocycles. The molecule has 2 aromatic rings. The van der Waals surface area contributed by atoms with Crippen molar-refractivity contribution >= 4 is 22.9 Å². The van der Waals surface area contributed by atoms with Crippen LogP contribution in [0.1, 0.15) is 15.2 Å². The van der Waals surface area contributed by atoms with Crippen LogP contribution >= 0.6 is 11.3 Å². The second-order valence-electron chi connectivity index (χ2n) is 3.06. The van der Waals surface area contributed by atoms with Crippen LogP contribution in [0.4, 0.5) is 5.69 Å². The molecule has 0 aliphatic heterocycles. The molecule has 0 atom stereocenters. The second kappa shape index (κ2) is 5.30. The largest absolute Gasteiger partial charge is 0.384 e. The van der Waals surface area contributed by atoms with E-state index in [4.69, 9.17) is 5.11 Å². The van der Waals surface area contributed by atoms with Crippen molar-refractivity contribution in [2.24, 2.45) is 0 Å². The van der Waals surface area contributed by atoms with Gasteiger partial charge in [-0.3, -0.25) is 9.89 Å². The highest BCUT2D eigenvalue weighted by Gasteiger charge is 2.12. The molecule has 2 rings (SSSR count). The molecule has 3 N–H and O–H groups in total. The molecule has 0 unspecified atom stereocenters. The van der Waals surface area contributed by atoms with Gasteiger partial charge < -0.3 is 10.4 Å². The zero-order valence-corrected chi connectivity index (χ0v) is 9.54. The minimum Gasteiger partial charge on any atom is -0.384 e. The van der Waals surface area contributed by atoms with E-state index in [0.29, 0.717) is 16.1 Å². The van der Waals surface area contributed by atoms with E-state index in [-0.39, 0.29) is 12.5 Å². The quantitative estimate of drug-likeness (QED) is 0.694. The molecule has 1 amide bonds. The number of hydrogen-bond acceptors (Lipinski definition) is 4. The van der Waals surface area contributed by atoms with E-state index in [0.717, 1.165) is 0 Å². The van der Waals surface area contributed by atoms with Crippen molar-refractivity contribution in [1.82, 2.24) is 10.2 Å². The topological polar surface area (TPSA) is 78.0 Å². The van der Waals surface area contributed by atoms with Crippen LogP contribution in [0, 0.1) is 11.8 Å². The molecular formula is C11H9N3O2S. The predicted molar refractivity (Wildman–Crippen MR) is 64.8 cm³/mol. The van der Waals surface area contributed by atoms with E-state index in [1.807, 2.05) is 0 Å². The Hall–Kier alpha value is -2.10. The number of aliphatic hydroxyl groups excluding tert-OH is 1. The number of hydrogen-bond donors (Lipinski definition) is 3. The van der Waals surface area contributed by atoms with Gasteiger partial charge in [0.25, 0.3) is 5.91 Å². The molecule has 0 fully saturated rings. The molecule has 0 bridgehead atoms. The summed E-state index contributed by atoms with van der Waals surface area (Å²) >= 11 is 1.30. The average Bonchev–Trinajstić information content (AvgIpc) is 2.96. The number of carbonyl (C=O) groups excluding carboxylic acids is 1. The lowest BCUT2D eigenvalue weighted by Crippen LogP contribution is -2.10. The summed E-state index contributed by atoms with van der Waals surface area (Å²) in [7, 11) is 0. The number of carbonyl (C=O) groups is 1. The van der Waals surface area contributed by atoms with Gasteiger partial charge in [-0.05, 0) is 11.4 Å². The fourth-order valence-corrected chi connectivity index (χ4v) is 1.97. The lowest BCUT2D eigenvalue weighted by molar-refractivity contribution is 0.103. The third-order valence-corrected chi connectivity index (χ3v) is 2.84. The highest BCUT2D eigenvalue weighted by atomic mass is 32.1. The molecule has 0 saturated heterocycles. The van der Waals surface area contributed by atoms with Crippen LogP contribution in [0.25, 0.3) is 0 Å². The summed E-state index contributed by atoms with van der Waals surface area (Å²) in [6.07, 6.45) is 3.11. The summed E-state index contributed by atoms with van der Waals surface area (Å²) in [6, 6.07) is 1.75. The molecule has 0 spiro atoms. The van der Waals surface area contributed by atoms with Crippen LogP contribution in [-0.4, -0.2) is 27.8 Å². The fraction of sp³-hybridized carbons (Fsp3) is 0.0909. The lowest BCUT2D eigenvalue weighted by Gasteiger charge is -1.99. The molecular weight excluding hydrogens is 238 g/mol. The minimum absolute atomic E-state index is 0.224. The number of H-pyrrole nitrogens is 1. The third kappa shape index (κ3) is 2.72. The number of anilines is 1. The fourth-order valence-electron chi connectivity index (χ4n) is 1.23. The molecule has 0 aromatic carbocycles. The van der Waals surface area contributed by atoms with Gasteiger partial charge >= 0.3 is 0 Å². The Kier molecular flexibility index (Phi) is 3.55. The Morgan fingerprint density at radius 1 is 1.65 bits per heavy atom. The van der Waals surface area contributed by atoms with Gasteiger partial charge in [-0.1, -0.05) is 11.8 Å². The maximum atomic E-state index is 11.9. The zero-order chi connectivity index (χ0) is 12.1. The number of rotatable bonds is 2. The molecule has 86 valence electrons. The maximum absolute atomic E-state index is 11.9. The number of amides is 1. The molecule has 0 aliphatic rings. The van der Waals surface area contributed by atoms with Gasteiger partial charge in [0.05, 0.1) is 11.9 Å². The normalized spacial score (nSPS) is 9.47.